The van der Waals surface area contributed by atoms with E-state index in [2.05, 4.69) is 9.97 Å². The SMILES string of the molecule is CC(C)Oc1ncc(C(F)(F)F)c(N(C)c2cccc(C(C)C)c2)n1. The topological polar surface area (TPSA) is 38.2 Å². The molecule has 0 spiro atoms. The maximum atomic E-state index is 13.4. The van der Waals surface area contributed by atoms with Crippen LogP contribution in [-0.2, 0) is 6.18 Å². The minimum Gasteiger partial charge on any atom is -0.461 e. The highest BCUT2D eigenvalue weighted by molar-refractivity contribution is 5.63. The van der Waals surface area contributed by atoms with Gasteiger partial charge in [0.25, 0.3) is 0 Å². The molecule has 1 heterocycles. The lowest BCUT2D eigenvalue weighted by atomic mass is 10.0. The molecule has 0 saturated carbocycles. The normalized spacial score (nSPS) is 11.9. The van der Waals surface area contributed by atoms with Crippen LogP contribution in [0.3, 0.4) is 0 Å². The van der Waals surface area contributed by atoms with Crippen molar-refractivity contribution in [3.63, 3.8) is 0 Å². The maximum absolute atomic E-state index is 13.4. The minimum absolute atomic E-state index is 0.0788. The van der Waals surface area contributed by atoms with Crippen LogP contribution in [0, 0.1) is 0 Å². The Hall–Kier alpha value is -2.31. The fourth-order valence-corrected chi connectivity index (χ4v) is 2.30. The third-order valence-corrected chi connectivity index (χ3v) is 3.63. The van der Waals surface area contributed by atoms with E-state index >= 15 is 0 Å². The molecule has 0 saturated heterocycles. The monoisotopic (exact) mass is 353 g/mol. The Morgan fingerprint density at radius 3 is 2.36 bits per heavy atom. The number of rotatable bonds is 5. The molecule has 0 unspecified atom stereocenters. The van der Waals surface area contributed by atoms with Crippen LogP contribution in [0.25, 0.3) is 0 Å². The Kier molecular flexibility index (Phi) is 5.55. The van der Waals surface area contributed by atoms with Crippen LogP contribution in [0.2, 0.25) is 0 Å². The van der Waals surface area contributed by atoms with Gasteiger partial charge in [-0.2, -0.15) is 18.2 Å². The van der Waals surface area contributed by atoms with Crippen molar-refractivity contribution in [3.05, 3.63) is 41.6 Å². The van der Waals surface area contributed by atoms with Crippen LogP contribution < -0.4 is 9.64 Å². The van der Waals surface area contributed by atoms with Crippen molar-refractivity contribution in [2.24, 2.45) is 0 Å². The predicted molar refractivity (Wildman–Crippen MR) is 91.4 cm³/mol. The van der Waals surface area contributed by atoms with Crippen molar-refractivity contribution in [3.8, 4) is 6.01 Å². The summed E-state index contributed by atoms with van der Waals surface area (Å²) in [5.41, 5.74) is 0.748. The molecule has 25 heavy (non-hydrogen) atoms. The van der Waals surface area contributed by atoms with E-state index in [1.807, 2.05) is 32.0 Å². The van der Waals surface area contributed by atoms with Gasteiger partial charge in [0.05, 0.1) is 6.10 Å². The molecule has 0 aliphatic heterocycles. The first-order valence-electron chi connectivity index (χ1n) is 8.04. The average Bonchev–Trinajstić information content (AvgIpc) is 2.52. The van der Waals surface area contributed by atoms with Gasteiger partial charge >= 0.3 is 12.2 Å². The summed E-state index contributed by atoms with van der Waals surface area (Å²) in [5.74, 6) is 0.0275. The van der Waals surface area contributed by atoms with Gasteiger partial charge in [0.2, 0.25) is 0 Å². The van der Waals surface area contributed by atoms with Crippen molar-refractivity contribution >= 4 is 11.5 Å². The van der Waals surface area contributed by atoms with Crippen LogP contribution in [0.5, 0.6) is 6.01 Å². The highest BCUT2D eigenvalue weighted by atomic mass is 19.4. The van der Waals surface area contributed by atoms with E-state index < -0.39 is 11.7 Å². The molecule has 0 aliphatic carbocycles. The molecule has 4 nitrogen and oxygen atoms in total. The summed E-state index contributed by atoms with van der Waals surface area (Å²) in [6, 6.07) is 7.29. The quantitative estimate of drug-likeness (QED) is 0.743. The van der Waals surface area contributed by atoms with Gasteiger partial charge in [-0.25, -0.2) is 4.98 Å². The van der Waals surface area contributed by atoms with Crippen LogP contribution in [0.15, 0.2) is 30.5 Å². The zero-order chi connectivity index (χ0) is 18.8. The summed E-state index contributed by atoms with van der Waals surface area (Å²) in [6.07, 6.45) is -4.03. The molecule has 0 aliphatic rings. The van der Waals surface area contributed by atoms with Crippen molar-refractivity contribution < 1.29 is 17.9 Å². The molecule has 0 bridgehead atoms. The third kappa shape index (κ3) is 4.61. The number of hydrogen-bond donors (Lipinski definition) is 0. The fraction of sp³-hybridized carbons (Fsp3) is 0.444. The van der Waals surface area contributed by atoms with E-state index in [-0.39, 0.29) is 23.9 Å². The van der Waals surface area contributed by atoms with Gasteiger partial charge in [-0.3, -0.25) is 0 Å². The number of aromatic nitrogens is 2. The summed E-state index contributed by atoms with van der Waals surface area (Å²) >= 11 is 0. The van der Waals surface area contributed by atoms with Crippen molar-refractivity contribution in [1.29, 1.82) is 0 Å². The van der Waals surface area contributed by atoms with E-state index in [0.29, 0.717) is 5.69 Å². The molecule has 1 aromatic carbocycles. The van der Waals surface area contributed by atoms with Gasteiger partial charge < -0.3 is 9.64 Å². The highest BCUT2D eigenvalue weighted by Crippen LogP contribution is 2.38. The number of halogens is 3. The molecule has 1 aromatic heterocycles. The van der Waals surface area contributed by atoms with E-state index in [1.54, 1.807) is 27.0 Å². The summed E-state index contributed by atoms with van der Waals surface area (Å²) in [4.78, 5) is 9.10. The molecule has 7 heteroatoms. The van der Waals surface area contributed by atoms with E-state index in [4.69, 9.17) is 4.74 Å². The molecular weight excluding hydrogens is 331 g/mol. The largest absolute Gasteiger partial charge is 0.461 e. The summed E-state index contributed by atoms with van der Waals surface area (Å²) in [7, 11) is 1.55. The van der Waals surface area contributed by atoms with Gasteiger partial charge in [0, 0.05) is 18.9 Å². The van der Waals surface area contributed by atoms with Gasteiger partial charge in [-0.05, 0) is 37.5 Å². The lowest BCUT2D eigenvalue weighted by molar-refractivity contribution is -0.137. The second-order valence-corrected chi connectivity index (χ2v) is 6.36. The Bertz CT molecular complexity index is 730. The highest BCUT2D eigenvalue weighted by Gasteiger charge is 2.36. The Morgan fingerprint density at radius 2 is 1.80 bits per heavy atom. The summed E-state index contributed by atoms with van der Waals surface area (Å²) < 4.78 is 45.5. The average molecular weight is 353 g/mol. The minimum atomic E-state index is -4.56. The number of ether oxygens (including phenoxy) is 1. The number of nitrogens with zero attached hydrogens (tertiary/aromatic N) is 3. The predicted octanol–water partition coefficient (Wildman–Crippen LogP) is 5.17. The van der Waals surface area contributed by atoms with Gasteiger partial charge in [0.15, 0.2) is 5.82 Å². The third-order valence-electron chi connectivity index (χ3n) is 3.63. The van der Waals surface area contributed by atoms with Crippen molar-refractivity contribution in [2.75, 3.05) is 11.9 Å². The van der Waals surface area contributed by atoms with Gasteiger partial charge in [-0.1, -0.05) is 26.0 Å². The van der Waals surface area contributed by atoms with Crippen LogP contribution in [0.1, 0.15) is 44.7 Å². The van der Waals surface area contributed by atoms with Gasteiger partial charge in [-0.15, -0.1) is 0 Å². The van der Waals surface area contributed by atoms with E-state index in [0.717, 1.165) is 11.8 Å². The molecule has 0 N–H and O–H groups in total. The number of alkyl halides is 3. The summed E-state index contributed by atoms with van der Waals surface area (Å²) in [5, 5.41) is 0. The van der Waals surface area contributed by atoms with Gasteiger partial charge in [0.1, 0.15) is 5.56 Å². The second kappa shape index (κ2) is 7.29. The Balaban J connectivity index is 2.52. The van der Waals surface area contributed by atoms with E-state index in [9.17, 15) is 13.2 Å². The second-order valence-electron chi connectivity index (χ2n) is 6.36. The number of benzene rings is 1. The molecule has 2 rings (SSSR count). The van der Waals surface area contributed by atoms with Crippen LogP contribution in [0.4, 0.5) is 24.7 Å². The molecule has 0 amide bonds. The Labute approximate surface area is 145 Å². The molecule has 0 fully saturated rings. The molecular formula is C18H22F3N3O. The van der Waals surface area contributed by atoms with Crippen molar-refractivity contribution in [1.82, 2.24) is 9.97 Å². The molecule has 0 radical (unpaired) electrons. The molecule has 136 valence electrons. The number of anilines is 2. The first-order chi connectivity index (χ1) is 11.6. The number of hydrogen-bond acceptors (Lipinski definition) is 4. The van der Waals surface area contributed by atoms with Crippen molar-refractivity contribution in [2.45, 2.75) is 45.9 Å². The van der Waals surface area contributed by atoms with E-state index in [1.165, 1.54) is 4.90 Å². The Morgan fingerprint density at radius 1 is 1.12 bits per heavy atom. The first-order valence-corrected chi connectivity index (χ1v) is 8.04. The molecule has 2 aromatic rings. The fourth-order valence-electron chi connectivity index (χ4n) is 2.30. The summed E-state index contributed by atoms with van der Waals surface area (Å²) in [6.45, 7) is 7.58. The molecule has 0 atom stereocenters. The smallest absolute Gasteiger partial charge is 0.421 e. The van der Waals surface area contributed by atoms with Crippen LogP contribution >= 0.6 is 0 Å². The zero-order valence-corrected chi connectivity index (χ0v) is 14.9. The standard InChI is InChI=1S/C18H22F3N3O/c1-11(2)13-7-6-8-14(9-13)24(5)16-15(18(19,20)21)10-22-17(23-16)25-12(3)4/h6-12H,1-5H3. The lowest BCUT2D eigenvalue weighted by Crippen LogP contribution is -2.20. The maximum Gasteiger partial charge on any atom is 0.421 e. The first kappa shape index (κ1) is 19.0. The lowest BCUT2D eigenvalue weighted by Gasteiger charge is -2.23. The van der Waals surface area contributed by atoms with Crippen LogP contribution in [-0.4, -0.2) is 23.1 Å². The zero-order valence-electron chi connectivity index (χ0n) is 14.9.